The Morgan fingerprint density at radius 1 is 1.10 bits per heavy atom. The molecular formula is C17H30N2O. The molecule has 1 rings (SSSR count). The highest BCUT2D eigenvalue weighted by Crippen LogP contribution is 2.11. The van der Waals surface area contributed by atoms with E-state index in [0.717, 1.165) is 31.0 Å². The van der Waals surface area contributed by atoms with Crippen molar-refractivity contribution in [2.24, 2.45) is 0 Å². The van der Waals surface area contributed by atoms with Gasteiger partial charge in [0.2, 0.25) is 0 Å². The van der Waals surface area contributed by atoms with E-state index < -0.39 is 0 Å². The van der Waals surface area contributed by atoms with Crippen LogP contribution in [0.5, 0.6) is 5.75 Å². The Morgan fingerprint density at radius 3 is 2.50 bits per heavy atom. The van der Waals surface area contributed by atoms with Crippen molar-refractivity contribution in [3.8, 4) is 5.75 Å². The zero-order valence-electron chi connectivity index (χ0n) is 13.3. The largest absolute Gasteiger partial charge is 0.492 e. The molecule has 0 spiro atoms. The fraction of sp³-hybridized carbons (Fsp3) is 0.706. The Balaban J connectivity index is 2.12. The van der Waals surface area contributed by atoms with Crippen molar-refractivity contribution in [1.29, 1.82) is 0 Å². The number of nitrogens with zero attached hydrogens (tertiary/aromatic N) is 1. The van der Waals surface area contributed by atoms with Crippen LogP contribution in [0.25, 0.3) is 0 Å². The summed E-state index contributed by atoms with van der Waals surface area (Å²) in [6, 6.07) is 4.54. The summed E-state index contributed by atoms with van der Waals surface area (Å²) in [5, 5.41) is 3.35. The van der Waals surface area contributed by atoms with Crippen LogP contribution in [-0.4, -0.2) is 17.6 Å². The Kier molecular flexibility index (Phi) is 9.05. The lowest BCUT2D eigenvalue weighted by Gasteiger charge is -2.09. The van der Waals surface area contributed by atoms with Crippen LogP contribution in [0.15, 0.2) is 18.3 Å². The van der Waals surface area contributed by atoms with Crippen LogP contribution < -0.4 is 10.1 Å². The van der Waals surface area contributed by atoms with Crippen LogP contribution in [-0.2, 0) is 6.54 Å². The number of hydrogen-bond donors (Lipinski definition) is 1. The van der Waals surface area contributed by atoms with Gasteiger partial charge in [-0.15, -0.1) is 0 Å². The molecule has 0 saturated heterocycles. The lowest BCUT2D eigenvalue weighted by atomic mass is 10.1. The summed E-state index contributed by atoms with van der Waals surface area (Å²) in [7, 11) is 0. The van der Waals surface area contributed by atoms with Crippen molar-refractivity contribution in [3.63, 3.8) is 0 Å². The van der Waals surface area contributed by atoms with E-state index in [1.54, 1.807) is 0 Å². The van der Waals surface area contributed by atoms with E-state index in [2.05, 4.69) is 31.1 Å². The second-order valence-corrected chi connectivity index (χ2v) is 5.64. The lowest BCUT2D eigenvalue weighted by Crippen LogP contribution is -2.22. The van der Waals surface area contributed by atoms with E-state index in [9.17, 15) is 0 Å². The third-order valence-corrected chi connectivity index (χ3v) is 3.26. The molecule has 0 aliphatic carbocycles. The summed E-state index contributed by atoms with van der Waals surface area (Å²) in [4.78, 5) is 4.40. The fourth-order valence-corrected chi connectivity index (χ4v) is 1.98. The summed E-state index contributed by atoms with van der Waals surface area (Å²) >= 11 is 0. The molecule has 0 amide bonds. The molecule has 0 radical (unpaired) electrons. The van der Waals surface area contributed by atoms with Gasteiger partial charge in [0.15, 0.2) is 0 Å². The first-order valence-electron chi connectivity index (χ1n) is 8.03. The van der Waals surface area contributed by atoms with Crippen LogP contribution in [0.4, 0.5) is 0 Å². The topological polar surface area (TPSA) is 34.1 Å². The standard InChI is InChI=1S/C17H30N2O/c1-4-5-6-7-8-9-12-20-17-11-10-16(19-14-17)13-18-15(2)3/h10-11,14-15,18H,4-9,12-13H2,1-3H3. The number of aromatic nitrogens is 1. The summed E-state index contributed by atoms with van der Waals surface area (Å²) in [6.45, 7) is 8.14. The summed E-state index contributed by atoms with van der Waals surface area (Å²) in [6.07, 6.45) is 9.58. The van der Waals surface area contributed by atoms with Gasteiger partial charge in [-0.3, -0.25) is 4.98 Å². The van der Waals surface area contributed by atoms with Gasteiger partial charge < -0.3 is 10.1 Å². The van der Waals surface area contributed by atoms with Crippen LogP contribution in [0.2, 0.25) is 0 Å². The van der Waals surface area contributed by atoms with Crippen molar-refractivity contribution >= 4 is 0 Å². The van der Waals surface area contributed by atoms with Crippen molar-refractivity contribution < 1.29 is 4.74 Å². The van der Waals surface area contributed by atoms with E-state index >= 15 is 0 Å². The molecule has 20 heavy (non-hydrogen) atoms. The van der Waals surface area contributed by atoms with Crippen molar-refractivity contribution in [1.82, 2.24) is 10.3 Å². The van der Waals surface area contributed by atoms with E-state index in [-0.39, 0.29) is 0 Å². The molecular weight excluding hydrogens is 248 g/mol. The van der Waals surface area contributed by atoms with E-state index in [1.807, 2.05) is 18.3 Å². The molecule has 1 aromatic heterocycles. The molecule has 0 bridgehead atoms. The zero-order valence-corrected chi connectivity index (χ0v) is 13.3. The van der Waals surface area contributed by atoms with Gasteiger partial charge in [0.05, 0.1) is 18.5 Å². The molecule has 0 aliphatic heterocycles. The van der Waals surface area contributed by atoms with E-state index in [0.29, 0.717) is 6.04 Å². The quantitative estimate of drug-likeness (QED) is 0.612. The van der Waals surface area contributed by atoms with Crippen LogP contribution in [0.3, 0.4) is 0 Å². The van der Waals surface area contributed by atoms with Crippen LogP contribution in [0.1, 0.15) is 65.0 Å². The number of unbranched alkanes of at least 4 members (excludes halogenated alkanes) is 5. The normalized spacial score (nSPS) is 11.0. The third kappa shape index (κ3) is 8.16. The number of ether oxygens (including phenoxy) is 1. The molecule has 1 N–H and O–H groups in total. The Labute approximate surface area is 124 Å². The van der Waals surface area contributed by atoms with Crippen molar-refractivity contribution in [2.45, 2.75) is 71.9 Å². The van der Waals surface area contributed by atoms with Gasteiger partial charge in [-0.2, -0.15) is 0 Å². The predicted molar refractivity (Wildman–Crippen MR) is 85.1 cm³/mol. The minimum absolute atomic E-state index is 0.487. The molecule has 0 fully saturated rings. The fourth-order valence-electron chi connectivity index (χ4n) is 1.98. The van der Waals surface area contributed by atoms with Gasteiger partial charge in [0.1, 0.15) is 5.75 Å². The zero-order chi connectivity index (χ0) is 14.6. The second-order valence-electron chi connectivity index (χ2n) is 5.64. The summed E-state index contributed by atoms with van der Waals surface area (Å²) < 4.78 is 5.71. The highest BCUT2D eigenvalue weighted by atomic mass is 16.5. The first-order chi connectivity index (χ1) is 9.72. The van der Waals surface area contributed by atoms with Gasteiger partial charge in [-0.1, -0.05) is 52.9 Å². The average molecular weight is 278 g/mol. The van der Waals surface area contributed by atoms with Crippen molar-refractivity contribution in [2.75, 3.05) is 6.61 Å². The highest BCUT2D eigenvalue weighted by Gasteiger charge is 1.99. The maximum Gasteiger partial charge on any atom is 0.137 e. The highest BCUT2D eigenvalue weighted by molar-refractivity contribution is 5.19. The average Bonchev–Trinajstić information content (AvgIpc) is 2.45. The van der Waals surface area contributed by atoms with E-state index in [1.165, 1.54) is 32.1 Å². The molecule has 1 heterocycles. The number of rotatable bonds is 11. The molecule has 0 aromatic carbocycles. The van der Waals surface area contributed by atoms with Gasteiger partial charge >= 0.3 is 0 Å². The van der Waals surface area contributed by atoms with E-state index in [4.69, 9.17) is 4.74 Å². The molecule has 3 heteroatoms. The van der Waals surface area contributed by atoms with Crippen LogP contribution in [0, 0.1) is 0 Å². The number of pyridine rings is 1. The lowest BCUT2D eigenvalue weighted by molar-refractivity contribution is 0.303. The van der Waals surface area contributed by atoms with Crippen molar-refractivity contribution in [3.05, 3.63) is 24.0 Å². The van der Waals surface area contributed by atoms with Gasteiger partial charge in [0.25, 0.3) is 0 Å². The molecule has 0 aliphatic rings. The minimum Gasteiger partial charge on any atom is -0.492 e. The first-order valence-corrected chi connectivity index (χ1v) is 8.03. The molecule has 0 atom stereocenters. The third-order valence-electron chi connectivity index (χ3n) is 3.26. The Bertz CT molecular complexity index is 335. The molecule has 0 unspecified atom stereocenters. The Hall–Kier alpha value is -1.09. The van der Waals surface area contributed by atoms with Gasteiger partial charge in [-0.25, -0.2) is 0 Å². The molecule has 1 aromatic rings. The minimum atomic E-state index is 0.487. The number of hydrogen-bond acceptors (Lipinski definition) is 3. The first kappa shape index (κ1) is 17.0. The maximum atomic E-state index is 5.71. The molecule has 0 saturated carbocycles. The van der Waals surface area contributed by atoms with Crippen LogP contribution >= 0.6 is 0 Å². The SMILES string of the molecule is CCCCCCCCOc1ccc(CNC(C)C)nc1. The summed E-state index contributed by atoms with van der Waals surface area (Å²) in [5.41, 5.74) is 1.06. The van der Waals surface area contributed by atoms with Gasteiger partial charge in [0, 0.05) is 12.6 Å². The maximum absolute atomic E-state index is 5.71. The predicted octanol–water partition coefficient (Wildman–Crippen LogP) is 4.32. The molecule has 114 valence electrons. The monoisotopic (exact) mass is 278 g/mol. The summed E-state index contributed by atoms with van der Waals surface area (Å²) in [5.74, 6) is 0.881. The molecule has 3 nitrogen and oxygen atoms in total. The smallest absolute Gasteiger partial charge is 0.137 e. The Morgan fingerprint density at radius 2 is 1.85 bits per heavy atom. The number of nitrogens with one attached hydrogen (secondary N) is 1. The van der Waals surface area contributed by atoms with Gasteiger partial charge in [-0.05, 0) is 18.6 Å². The second kappa shape index (κ2) is 10.7.